The molecule has 4 atom stereocenters. The summed E-state index contributed by atoms with van der Waals surface area (Å²) in [7, 11) is 1.70. The van der Waals surface area contributed by atoms with Crippen molar-refractivity contribution in [2.24, 2.45) is 0 Å². The summed E-state index contributed by atoms with van der Waals surface area (Å²) in [5.74, 6) is -0.903. The van der Waals surface area contributed by atoms with Gasteiger partial charge >= 0.3 is 0 Å². The molecule has 1 aromatic carbocycles. The molecule has 2 aliphatic heterocycles. The van der Waals surface area contributed by atoms with Crippen molar-refractivity contribution >= 4 is 29.3 Å². The lowest BCUT2D eigenvalue weighted by molar-refractivity contribution is -0.144. The van der Waals surface area contributed by atoms with Gasteiger partial charge in [0.1, 0.15) is 12.1 Å². The van der Waals surface area contributed by atoms with E-state index in [0.717, 1.165) is 31.2 Å². The van der Waals surface area contributed by atoms with Crippen molar-refractivity contribution in [3.8, 4) is 0 Å². The van der Waals surface area contributed by atoms with Gasteiger partial charge in [-0.1, -0.05) is 31.6 Å². The molecule has 2 aliphatic rings. The molecule has 3 rings (SSSR count). The molecular formula is C25H35N5O4. The van der Waals surface area contributed by atoms with E-state index in [1.807, 2.05) is 6.07 Å². The average Bonchev–Trinajstić information content (AvgIpc) is 3.25. The summed E-state index contributed by atoms with van der Waals surface area (Å²) in [6.45, 7) is 5.46. The first-order valence-corrected chi connectivity index (χ1v) is 11.9. The van der Waals surface area contributed by atoms with E-state index < -0.39 is 18.1 Å². The molecule has 0 aromatic heterocycles. The number of hydrogen-bond acceptors (Lipinski definition) is 5. The second-order valence-electron chi connectivity index (χ2n) is 8.96. The third-order valence-corrected chi connectivity index (χ3v) is 6.63. The Bertz CT molecular complexity index is 934. The topological polar surface area (TPSA) is 120 Å². The number of nitrogens with one attached hydrogen (secondary N) is 4. The summed E-state index contributed by atoms with van der Waals surface area (Å²) < 4.78 is 0. The van der Waals surface area contributed by atoms with Gasteiger partial charge in [0.15, 0.2) is 0 Å². The summed E-state index contributed by atoms with van der Waals surface area (Å²) in [5.41, 5.74) is 1.45. The van der Waals surface area contributed by atoms with Gasteiger partial charge in [-0.2, -0.15) is 0 Å². The number of fused-ring (bicyclic) bond motifs is 1. The van der Waals surface area contributed by atoms with Gasteiger partial charge in [0.05, 0.1) is 6.04 Å². The minimum absolute atomic E-state index is 0.0159. The van der Waals surface area contributed by atoms with Crippen molar-refractivity contribution < 1.29 is 19.2 Å². The summed E-state index contributed by atoms with van der Waals surface area (Å²) in [4.78, 5) is 52.2. The van der Waals surface area contributed by atoms with Crippen LogP contribution in [0.15, 0.2) is 36.9 Å². The van der Waals surface area contributed by atoms with Crippen LogP contribution in [0.2, 0.25) is 0 Å². The van der Waals surface area contributed by atoms with Gasteiger partial charge in [-0.25, -0.2) is 0 Å². The summed E-state index contributed by atoms with van der Waals surface area (Å²) >= 11 is 0. The van der Waals surface area contributed by atoms with Crippen LogP contribution < -0.4 is 21.3 Å². The molecule has 9 heteroatoms. The third-order valence-electron chi connectivity index (χ3n) is 6.63. The van der Waals surface area contributed by atoms with Crippen LogP contribution in [-0.4, -0.2) is 59.7 Å². The molecule has 1 aromatic rings. The second kappa shape index (κ2) is 11.8. The molecule has 0 spiro atoms. The van der Waals surface area contributed by atoms with Gasteiger partial charge in [0, 0.05) is 18.3 Å². The standard InChI is InChI=1S/C25H35N5O4/c1-4-22(31)28-18-9-7-8-17(14-18)15-27-24(33)21-13-12-19-10-5-6-11-20(25(34)30(19)21)29-23(32)16(2)26-3/h4,7-9,14,16,19-21,26H,1,5-6,10-13,15H2,2-3H3,(H,27,33)(H,28,31)(H,29,32)/t16-,19?,20-,21-/m0/s1. The Kier molecular flexibility index (Phi) is 8.81. The highest BCUT2D eigenvalue weighted by Gasteiger charge is 2.43. The predicted molar refractivity (Wildman–Crippen MR) is 130 cm³/mol. The minimum atomic E-state index is -0.621. The number of anilines is 1. The smallest absolute Gasteiger partial charge is 0.247 e. The third kappa shape index (κ3) is 6.22. The van der Waals surface area contributed by atoms with E-state index in [9.17, 15) is 19.2 Å². The monoisotopic (exact) mass is 469 g/mol. The fraction of sp³-hybridized carbons (Fsp3) is 0.520. The van der Waals surface area contributed by atoms with Gasteiger partial charge in [-0.05, 0) is 63.4 Å². The lowest BCUT2D eigenvalue weighted by Gasteiger charge is -2.35. The summed E-state index contributed by atoms with van der Waals surface area (Å²) in [6.07, 6.45) is 5.84. The SMILES string of the molecule is C=CC(=O)Nc1cccc(CNC(=O)[C@@H]2CCC3CCCC[C@H](NC(=O)[C@H](C)NC)C(=O)N32)c1. The Morgan fingerprint density at radius 3 is 2.68 bits per heavy atom. The van der Waals surface area contributed by atoms with Crippen LogP contribution in [0.4, 0.5) is 5.69 Å². The van der Waals surface area contributed by atoms with Gasteiger partial charge in [0.25, 0.3) is 0 Å². The fourth-order valence-corrected chi connectivity index (χ4v) is 4.61. The molecule has 34 heavy (non-hydrogen) atoms. The molecular weight excluding hydrogens is 434 g/mol. The molecule has 2 saturated heterocycles. The second-order valence-corrected chi connectivity index (χ2v) is 8.96. The number of likely N-dealkylation sites (N-methyl/N-ethyl adjacent to an activating group) is 1. The normalized spacial score (nSPS) is 23.2. The van der Waals surface area contributed by atoms with E-state index in [2.05, 4.69) is 27.8 Å². The average molecular weight is 470 g/mol. The van der Waals surface area contributed by atoms with E-state index in [1.54, 1.807) is 37.1 Å². The zero-order valence-electron chi connectivity index (χ0n) is 19.9. The first-order valence-electron chi connectivity index (χ1n) is 11.9. The fourth-order valence-electron chi connectivity index (χ4n) is 4.61. The number of nitrogens with zero attached hydrogens (tertiary/aromatic N) is 1. The molecule has 4 amide bonds. The molecule has 1 unspecified atom stereocenters. The zero-order valence-corrected chi connectivity index (χ0v) is 19.9. The minimum Gasteiger partial charge on any atom is -0.350 e. The number of carbonyl (C=O) groups excluding carboxylic acids is 4. The van der Waals surface area contributed by atoms with Crippen molar-refractivity contribution in [3.63, 3.8) is 0 Å². The van der Waals surface area contributed by atoms with E-state index in [1.165, 1.54) is 6.08 Å². The molecule has 2 heterocycles. The van der Waals surface area contributed by atoms with E-state index >= 15 is 0 Å². The first kappa shape index (κ1) is 25.4. The Balaban J connectivity index is 1.67. The Labute approximate surface area is 200 Å². The van der Waals surface area contributed by atoms with Crippen molar-refractivity contribution in [1.29, 1.82) is 0 Å². The van der Waals surface area contributed by atoms with Crippen LogP contribution in [0.1, 0.15) is 51.0 Å². The number of hydrogen-bond donors (Lipinski definition) is 4. The lowest BCUT2D eigenvalue weighted by atomic mass is 9.98. The number of benzene rings is 1. The largest absolute Gasteiger partial charge is 0.350 e. The first-order chi connectivity index (χ1) is 16.3. The quantitative estimate of drug-likeness (QED) is 0.430. The highest BCUT2D eigenvalue weighted by molar-refractivity contribution is 5.99. The van der Waals surface area contributed by atoms with Crippen molar-refractivity contribution in [1.82, 2.24) is 20.9 Å². The van der Waals surface area contributed by atoms with Gasteiger partial charge < -0.3 is 26.2 Å². The highest BCUT2D eigenvalue weighted by atomic mass is 16.2. The Morgan fingerprint density at radius 1 is 1.18 bits per heavy atom. The van der Waals surface area contributed by atoms with Crippen LogP contribution in [0.5, 0.6) is 0 Å². The van der Waals surface area contributed by atoms with Crippen molar-refractivity contribution in [2.45, 2.75) is 76.2 Å². The zero-order chi connectivity index (χ0) is 24.7. The number of rotatable bonds is 8. The maximum atomic E-state index is 13.5. The summed E-state index contributed by atoms with van der Waals surface area (Å²) in [5, 5.41) is 11.4. The molecule has 0 saturated carbocycles. The van der Waals surface area contributed by atoms with Crippen LogP contribution in [0.25, 0.3) is 0 Å². The highest BCUT2D eigenvalue weighted by Crippen LogP contribution is 2.31. The summed E-state index contributed by atoms with van der Waals surface area (Å²) in [6, 6.07) is 5.64. The predicted octanol–water partition coefficient (Wildman–Crippen LogP) is 1.45. The van der Waals surface area contributed by atoms with Gasteiger partial charge in [-0.3, -0.25) is 19.2 Å². The molecule has 0 radical (unpaired) electrons. The van der Waals surface area contributed by atoms with E-state index in [-0.39, 0.29) is 36.2 Å². The van der Waals surface area contributed by atoms with Crippen LogP contribution >= 0.6 is 0 Å². The molecule has 2 fully saturated rings. The van der Waals surface area contributed by atoms with E-state index in [0.29, 0.717) is 18.5 Å². The molecule has 9 nitrogen and oxygen atoms in total. The van der Waals surface area contributed by atoms with Gasteiger partial charge in [0.2, 0.25) is 23.6 Å². The van der Waals surface area contributed by atoms with Crippen LogP contribution in [-0.2, 0) is 25.7 Å². The van der Waals surface area contributed by atoms with Crippen molar-refractivity contribution in [2.75, 3.05) is 12.4 Å². The lowest BCUT2D eigenvalue weighted by Crippen LogP contribution is -2.57. The molecule has 184 valence electrons. The molecule has 0 bridgehead atoms. The van der Waals surface area contributed by atoms with Crippen molar-refractivity contribution in [3.05, 3.63) is 42.5 Å². The Morgan fingerprint density at radius 2 is 1.94 bits per heavy atom. The van der Waals surface area contributed by atoms with Gasteiger partial charge in [-0.15, -0.1) is 0 Å². The molecule has 0 aliphatic carbocycles. The maximum Gasteiger partial charge on any atom is 0.247 e. The molecule has 4 N–H and O–H groups in total. The van der Waals surface area contributed by atoms with Crippen LogP contribution in [0, 0.1) is 0 Å². The van der Waals surface area contributed by atoms with Crippen LogP contribution in [0.3, 0.4) is 0 Å². The number of amides is 4. The number of carbonyl (C=O) groups is 4. The van der Waals surface area contributed by atoms with E-state index in [4.69, 9.17) is 0 Å². The maximum absolute atomic E-state index is 13.5. The Hall–Kier alpha value is -3.20.